The number of carboxylic acid groups (broad SMARTS) is 1. The van der Waals surface area contributed by atoms with Gasteiger partial charge in [-0.15, -0.1) is 0 Å². The highest BCUT2D eigenvalue weighted by molar-refractivity contribution is 7.80. The molecular weight excluding hydrogens is 346 g/mol. The molecule has 0 aliphatic rings. The molecule has 1 unspecified atom stereocenters. The van der Waals surface area contributed by atoms with Crippen LogP contribution in [0.25, 0.3) is 10.1 Å². The van der Waals surface area contributed by atoms with Gasteiger partial charge in [-0.25, -0.2) is 4.79 Å². The summed E-state index contributed by atoms with van der Waals surface area (Å²) in [4.78, 5) is 27.6. The quantitative estimate of drug-likeness (QED) is 0.561. The lowest BCUT2D eigenvalue weighted by Crippen LogP contribution is -2.42. The third-order valence-corrected chi connectivity index (χ3v) is 4.31. The molecule has 0 aliphatic heterocycles. The molecule has 0 radical (unpaired) electrons. The second kappa shape index (κ2) is 7.31. The SMILES string of the molecule is CC(C)(C)/N=C\c1nsc2cc(C(=O)NC(CS)C(=O)O)ccc12. The van der Waals surface area contributed by atoms with E-state index in [4.69, 9.17) is 5.11 Å². The van der Waals surface area contributed by atoms with Gasteiger partial charge in [-0.3, -0.25) is 9.79 Å². The molecule has 0 fully saturated rings. The van der Waals surface area contributed by atoms with Crippen LogP contribution in [-0.4, -0.2) is 44.9 Å². The third-order valence-electron chi connectivity index (χ3n) is 3.12. The summed E-state index contributed by atoms with van der Waals surface area (Å²) in [5.74, 6) is -1.54. The zero-order chi connectivity index (χ0) is 17.9. The van der Waals surface area contributed by atoms with Crippen LogP contribution < -0.4 is 5.32 Å². The lowest BCUT2D eigenvalue weighted by atomic mass is 10.1. The van der Waals surface area contributed by atoms with Crippen LogP contribution >= 0.6 is 24.2 Å². The maximum atomic E-state index is 12.2. The van der Waals surface area contributed by atoms with Crippen molar-refractivity contribution in [3.63, 3.8) is 0 Å². The van der Waals surface area contributed by atoms with Crippen molar-refractivity contribution in [2.24, 2.45) is 4.99 Å². The molecule has 128 valence electrons. The lowest BCUT2D eigenvalue weighted by Gasteiger charge is -2.11. The van der Waals surface area contributed by atoms with Crippen LogP contribution in [0.2, 0.25) is 0 Å². The summed E-state index contributed by atoms with van der Waals surface area (Å²) < 4.78 is 5.20. The Bertz CT molecular complexity index is 793. The number of aliphatic carboxylic acids is 1. The predicted molar refractivity (Wildman–Crippen MR) is 99.7 cm³/mol. The summed E-state index contributed by atoms with van der Waals surface area (Å²) in [6.07, 6.45) is 1.74. The number of benzene rings is 1. The molecule has 1 atom stereocenters. The molecule has 2 aromatic rings. The normalized spacial score (nSPS) is 13.3. The van der Waals surface area contributed by atoms with Crippen LogP contribution in [0.5, 0.6) is 0 Å². The van der Waals surface area contributed by atoms with Crippen LogP contribution in [-0.2, 0) is 4.79 Å². The van der Waals surface area contributed by atoms with Crippen LogP contribution in [0.15, 0.2) is 23.2 Å². The summed E-state index contributed by atoms with van der Waals surface area (Å²) in [5.41, 5.74) is 0.961. The number of aliphatic imine (C=N–C) groups is 1. The van der Waals surface area contributed by atoms with E-state index in [1.54, 1.807) is 24.4 Å². The first-order valence-corrected chi connectivity index (χ1v) is 8.71. The maximum Gasteiger partial charge on any atom is 0.327 e. The average molecular weight is 365 g/mol. The van der Waals surface area contributed by atoms with Crippen molar-refractivity contribution in [2.75, 3.05) is 5.75 Å². The Hall–Kier alpha value is -1.93. The van der Waals surface area contributed by atoms with E-state index >= 15 is 0 Å². The molecule has 8 heteroatoms. The first-order chi connectivity index (χ1) is 11.2. The van der Waals surface area contributed by atoms with E-state index in [1.807, 2.05) is 20.8 Å². The standard InChI is InChI=1S/C16H19N3O3S2/c1-16(2,3)17-7-11-10-5-4-9(6-13(10)24-19-11)14(20)18-12(8-23)15(21)22/h4-7,12,23H,8H2,1-3H3,(H,18,20)(H,21,22)/b17-7-. The first-order valence-electron chi connectivity index (χ1n) is 7.30. The molecule has 1 heterocycles. The van der Waals surface area contributed by atoms with Crippen molar-refractivity contribution in [3.8, 4) is 0 Å². The molecule has 1 aromatic carbocycles. The molecule has 6 nitrogen and oxygen atoms in total. The number of nitrogens with zero attached hydrogens (tertiary/aromatic N) is 2. The third kappa shape index (κ3) is 4.55. The summed E-state index contributed by atoms with van der Waals surface area (Å²) in [6, 6.07) is 4.13. The monoisotopic (exact) mass is 365 g/mol. The predicted octanol–water partition coefficient (Wildman–Crippen LogP) is 2.63. The smallest absolute Gasteiger partial charge is 0.327 e. The Morgan fingerprint density at radius 1 is 1.46 bits per heavy atom. The molecule has 2 N–H and O–H groups in total. The fourth-order valence-corrected chi connectivity index (χ4v) is 2.91. The number of rotatable bonds is 5. The van der Waals surface area contributed by atoms with Gasteiger partial charge in [0.2, 0.25) is 0 Å². The van der Waals surface area contributed by atoms with Crippen LogP contribution in [0.3, 0.4) is 0 Å². The van der Waals surface area contributed by atoms with Gasteiger partial charge in [0.1, 0.15) is 11.7 Å². The molecule has 0 saturated carbocycles. The molecule has 1 aromatic heterocycles. The topological polar surface area (TPSA) is 91.7 Å². The summed E-state index contributed by atoms with van der Waals surface area (Å²) in [7, 11) is 0. The highest BCUT2D eigenvalue weighted by Crippen LogP contribution is 2.23. The van der Waals surface area contributed by atoms with E-state index in [0.29, 0.717) is 5.56 Å². The van der Waals surface area contributed by atoms with E-state index in [9.17, 15) is 9.59 Å². The summed E-state index contributed by atoms with van der Waals surface area (Å²) in [5, 5.41) is 12.3. The van der Waals surface area contributed by atoms with Gasteiger partial charge in [0.15, 0.2) is 0 Å². The van der Waals surface area contributed by atoms with Crippen LogP contribution in [0, 0.1) is 0 Å². The number of carboxylic acids is 1. The molecule has 24 heavy (non-hydrogen) atoms. The number of aromatic nitrogens is 1. The maximum absolute atomic E-state index is 12.2. The molecule has 2 rings (SSSR count). The van der Waals surface area contributed by atoms with E-state index in [1.165, 1.54) is 11.5 Å². The van der Waals surface area contributed by atoms with E-state index in [2.05, 4.69) is 27.3 Å². The number of amides is 1. The minimum Gasteiger partial charge on any atom is -0.480 e. The van der Waals surface area contributed by atoms with Crippen molar-refractivity contribution in [2.45, 2.75) is 32.4 Å². The van der Waals surface area contributed by atoms with Crippen LogP contribution in [0.1, 0.15) is 36.8 Å². The van der Waals surface area contributed by atoms with Crippen molar-refractivity contribution in [1.82, 2.24) is 9.69 Å². The number of hydrogen-bond acceptors (Lipinski definition) is 6. The van der Waals surface area contributed by atoms with Gasteiger partial charge in [0, 0.05) is 22.9 Å². The second-order valence-electron chi connectivity index (χ2n) is 6.25. The van der Waals surface area contributed by atoms with Gasteiger partial charge in [-0.05, 0) is 44.4 Å². The summed E-state index contributed by atoms with van der Waals surface area (Å²) >= 11 is 5.21. The zero-order valence-corrected chi connectivity index (χ0v) is 15.3. The number of nitrogens with one attached hydrogen (secondary N) is 1. The number of hydrogen-bond donors (Lipinski definition) is 3. The van der Waals surface area contributed by atoms with Crippen molar-refractivity contribution in [1.29, 1.82) is 0 Å². The highest BCUT2D eigenvalue weighted by Gasteiger charge is 2.19. The number of carbonyl (C=O) groups excluding carboxylic acids is 1. The number of fused-ring (bicyclic) bond motifs is 1. The molecular formula is C16H19N3O3S2. The Balaban J connectivity index is 2.25. The van der Waals surface area contributed by atoms with Crippen LogP contribution in [0.4, 0.5) is 0 Å². The van der Waals surface area contributed by atoms with Gasteiger partial charge in [0.05, 0.1) is 10.2 Å². The molecule has 0 aliphatic carbocycles. The van der Waals surface area contributed by atoms with E-state index in [0.717, 1.165) is 15.8 Å². The van der Waals surface area contributed by atoms with Gasteiger partial charge in [0.25, 0.3) is 5.91 Å². The fourth-order valence-electron chi connectivity index (χ4n) is 1.87. The first kappa shape index (κ1) is 18.4. The average Bonchev–Trinajstić information content (AvgIpc) is 2.91. The Labute approximate surface area is 149 Å². The fraction of sp³-hybridized carbons (Fsp3) is 0.375. The second-order valence-corrected chi connectivity index (χ2v) is 7.42. The molecule has 0 spiro atoms. The largest absolute Gasteiger partial charge is 0.480 e. The van der Waals surface area contributed by atoms with Crippen molar-refractivity contribution >= 4 is 52.3 Å². The molecule has 1 amide bonds. The Morgan fingerprint density at radius 3 is 2.75 bits per heavy atom. The molecule has 0 saturated heterocycles. The number of carbonyl (C=O) groups is 2. The zero-order valence-electron chi connectivity index (χ0n) is 13.6. The minimum atomic E-state index is -1.11. The minimum absolute atomic E-state index is 0.0251. The van der Waals surface area contributed by atoms with Gasteiger partial charge in [-0.1, -0.05) is 6.07 Å². The number of thiol groups is 1. The lowest BCUT2D eigenvalue weighted by molar-refractivity contribution is -0.138. The van der Waals surface area contributed by atoms with E-state index in [-0.39, 0.29) is 11.3 Å². The van der Waals surface area contributed by atoms with E-state index < -0.39 is 17.9 Å². The molecule has 0 bridgehead atoms. The van der Waals surface area contributed by atoms with Gasteiger partial charge < -0.3 is 10.4 Å². The Morgan fingerprint density at radius 2 is 2.17 bits per heavy atom. The summed E-state index contributed by atoms with van der Waals surface area (Å²) in [6.45, 7) is 6.00. The Kier molecular flexibility index (Phi) is 5.61. The van der Waals surface area contributed by atoms with Gasteiger partial charge in [-0.2, -0.15) is 17.0 Å². The highest BCUT2D eigenvalue weighted by atomic mass is 32.1. The van der Waals surface area contributed by atoms with Gasteiger partial charge >= 0.3 is 5.97 Å². The van der Waals surface area contributed by atoms with Crippen molar-refractivity contribution < 1.29 is 14.7 Å². The van der Waals surface area contributed by atoms with Crippen molar-refractivity contribution in [3.05, 3.63) is 29.5 Å².